The second-order valence-corrected chi connectivity index (χ2v) is 6.92. The summed E-state index contributed by atoms with van der Waals surface area (Å²) in [5.41, 5.74) is 1.76. The van der Waals surface area contributed by atoms with Gasteiger partial charge in [-0.05, 0) is 43.2 Å². The molecule has 1 aromatic heterocycles. The Bertz CT molecular complexity index is 774. The molecular formula is C21H27ClN4O2. The maximum absolute atomic E-state index is 12.4. The fourth-order valence-corrected chi connectivity index (χ4v) is 3.03. The number of anilines is 1. The van der Waals surface area contributed by atoms with Crippen molar-refractivity contribution >= 4 is 29.2 Å². The average Bonchev–Trinajstić information content (AvgIpc) is 2.68. The van der Waals surface area contributed by atoms with Gasteiger partial charge in [-0.1, -0.05) is 29.8 Å². The zero-order valence-electron chi connectivity index (χ0n) is 16.5. The van der Waals surface area contributed by atoms with Gasteiger partial charge in [-0.3, -0.25) is 9.59 Å². The summed E-state index contributed by atoms with van der Waals surface area (Å²) >= 11 is 5.92. The van der Waals surface area contributed by atoms with E-state index in [-0.39, 0.29) is 18.2 Å². The summed E-state index contributed by atoms with van der Waals surface area (Å²) in [4.78, 5) is 30.5. The highest BCUT2D eigenvalue weighted by Gasteiger charge is 2.17. The van der Waals surface area contributed by atoms with Gasteiger partial charge in [0, 0.05) is 37.8 Å². The van der Waals surface area contributed by atoms with Gasteiger partial charge in [0.2, 0.25) is 11.8 Å². The number of halogens is 1. The molecule has 2 rings (SSSR count). The number of rotatable bonds is 9. The van der Waals surface area contributed by atoms with Gasteiger partial charge >= 0.3 is 0 Å². The van der Waals surface area contributed by atoms with E-state index in [4.69, 9.17) is 11.6 Å². The molecule has 150 valence electrons. The fraction of sp³-hybridized carbons (Fsp3) is 0.381. The Morgan fingerprint density at radius 2 is 1.79 bits per heavy atom. The lowest BCUT2D eigenvalue weighted by molar-refractivity contribution is -0.122. The number of nitrogens with one attached hydrogen (secondary N) is 2. The van der Waals surface area contributed by atoms with Gasteiger partial charge in [-0.15, -0.1) is 0 Å². The average molecular weight is 403 g/mol. The van der Waals surface area contributed by atoms with Gasteiger partial charge in [-0.25, -0.2) is 4.98 Å². The van der Waals surface area contributed by atoms with Crippen LogP contribution in [0.25, 0.3) is 0 Å². The monoisotopic (exact) mass is 402 g/mol. The minimum absolute atomic E-state index is 0.145. The number of benzene rings is 1. The molecule has 7 heteroatoms. The van der Waals surface area contributed by atoms with Crippen molar-refractivity contribution in [3.8, 4) is 0 Å². The van der Waals surface area contributed by atoms with Crippen LogP contribution in [0, 0.1) is 0 Å². The lowest BCUT2D eigenvalue weighted by atomic mass is 10.0. The molecule has 0 saturated heterocycles. The Hall–Kier alpha value is -2.60. The van der Waals surface area contributed by atoms with Crippen LogP contribution >= 0.6 is 11.6 Å². The molecule has 0 radical (unpaired) electrons. The van der Waals surface area contributed by atoms with E-state index >= 15 is 0 Å². The van der Waals surface area contributed by atoms with E-state index in [9.17, 15) is 9.59 Å². The molecule has 0 aliphatic carbocycles. The molecule has 2 aromatic rings. The smallest absolute Gasteiger partial charge is 0.222 e. The summed E-state index contributed by atoms with van der Waals surface area (Å²) in [6, 6.07) is 10.6. The van der Waals surface area contributed by atoms with Gasteiger partial charge in [0.1, 0.15) is 5.82 Å². The van der Waals surface area contributed by atoms with Crippen molar-refractivity contribution in [2.24, 2.45) is 0 Å². The van der Waals surface area contributed by atoms with E-state index in [1.54, 1.807) is 18.3 Å². The van der Waals surface area contributed by atoms with Crippen molar-refractivity contribution in [1.82, 2.24) is 15.6 Å². The standard InChI is InChI=1S/C21H27ClN4O2/c1-4-26(5-2)20-11-6-16(13-23-20)14-24-21(28)12-19(25-15(3)27)17-7-9-18(22)10-8-17/h6-11,13,19H,4-5,12,14H2,1-3H3,(H,24,28)(H,25,27). The van der Waals surface area contributed by atoms with Gasteiger partial charge in [0.25, 0.3) is 0 Å². The first-order valence-electron chi connectivity index (χ1n) is 9.42. The third kappa shape index (κ3) is 6.53. The van der Waals surface area contributed by atoms with Crippen LogP contribution in [0.5, 0.6) is 0 Å². The van der Waals surface area contributed by atoms with Crippen molar-refractivity contribution in [3.63, 3.8) is 0 Å². The summed E-state index contributed by atoms with van der Waals surface area (Å²) in [6.07, 6.45) is 1.92. The number of hydrogen-bond donors (Lipinski definition) is 2. The molecule has 0 saturated carbocycles. The Kier molecular flexibility index (Phi) is 8.26. The van der Waals surface area contributed by atoms with Crippen LogP contribution in [0.4, 0.5) is 5.82 Å². The zero-order chi connectivity index (χ0) is 20.5. The second kappa shape index (κ2) is 10.7. The van der Waals surface area contributed by atoms with E-state index in [0.29, 0.717) is 11.6 Å². The first kappa shape index (κ1) is 21.7. The zero-order valence-corrected chi connectivity index (χ0v) is 17.3. The van der Waals surface area contributed by atoms with Gasteiger partial charge < -0.3 is 15.5 Å². The van der Waals surface area contributed by atoms with Crippen LogP contribution in [0.15, 0.2) is 42.6 Å². The largest absolute Gasteiger partial charge is 0.357 e. The van der Waals surface area contributed by atoms with Crippen LogP contribution in [0.3, 0.4) is 0 Å². The predicted molar refractivity (Wildman–Crippen MR) is 112 cm³/mol. The highest BCUT2D eigenvalue weighted by Crippen LogP contribution is 2.19. The van der Waals surface area contributed by atoms with Crippen molar-refractivity contribution < 1.29 is 9.59 Å². The Labute approximate surface area is 171 Å². The summed E-state index contributed by atoms with van der Waals surface area (Å²) in [5.74, 6) is 0.582. The predicted octanol–water partition coefficient (Wildman–Crippen LogP) is 3.46. The van der Waals surface area contributed by atoms with Crippen molar-refractivity contribution in [1.29, 1.82) is 0 Å². The van der Waals surface area contributed by atoms with E-state index in [0.717, 1.165) is 30.0 Å². The fourth-order valence-electron chi connectivity index (χ4n) is 2.91. The summed E-state index contributed by atoms with van der Waals surface area (Å²) < 4.78 is 0. The minimum atomic E-state index is -0.405. The van der Waals surface area contributed by atoms with Crippen LogP contribution in [-0.4, -0.2) is 29.9 Å². The molecule has 2 N–H and O–H groups in total. The number of hydrogen-bond acceptors (Lipinski definition) is 4. The molecule has 0 spiro atoms. The number of aromatic nitrogens is 1. The number of pyridine rings is 1. The number of amides is 2. The first-order valence-corrected chi connectivity index (χ1v) is 9.79. The third-order valence-corrected chi connectivity index (χ3v) is 4.68. The molecular weight excluding hydrogens is 376 g/mol. The molecule has 0 bridgehead atoms. The molecule has 1 unspecified atom stereocenters. The van der Waals surface area contributed by atoms with E-state index in [2.05, 4.69) is 34.4 Å². The van der Waals surface area contributed by atoms with Gasteiger partial charge in [-0.2, -0.15) is 0 Å². The maximum atomic E-state index is 12.4. The lowest BCUT2D eigenvalue weighted by Gasteiger charge is -2.20. The minimum Gasteiger partial charge on any atom is -0.357 e. The number of nitrogens with zero attached hydrogens (tertiary/aromatic N) is 2. The number of carbonyl (C=O) groups is 2. The SMILES string of the molecule is CCN(CC)c1ccc(CNC(=O)CC(NC(C)=O)c2ccc(Cl)cc2)cn1. The summed E-state index contributed by atoms with van der Waals surface area (Å²) in [5, 5.41) is 6.31. The van der Waals surface area contributed by atoms with Crippen LogP contribution in [-0.2, 0) is 16.1 Å². The quantitative estimate of drug-likeness (QED) is 0.673. The molecule has 28 heavy (non-hydrogen) atoms. The lowest BCUT2D eigenvalue weighted by Crippen LogP contribution is -2.32. The Balaban J connectivity index is 1.95. The molecule has 6 nitrogen and oxygen atoms in total. The van der Waals surface area contributed by atoms with Crippen molar-refractivity contribution in [2.75, 3.05) is 18.0 Å². The van der Waals surface area contributed by atoms with Crippen LogP contribution in [0.1, 0.15) is 44.4 Å². The van der Waals surface area contributed by atoms with E-state index in [1.807, 2.05) is 24.3 Å². The first-order chi connectivity index (χ1) is 13.4. The van der Waals surface area contributed by atoms with E-state index in [1.165, 1.54) is 6.92 Å². The molecule has 0 fully saturated rings. The van der Waals surface area contributed by atoms with Crippen LogP contribution < -0.4 is 15.5 Å². The van der Waals surface area contributed by atoms with Crippen molar-refractivity contribution in [3.05, 3.63) is 58.7 Å². The second-order valence-electron chi connectivity index (χ2n) is 6.48. The normalized spacial score (nSPS) is 11.6. The highest BCUT2D eigenvalue weighted by atomic mass is 35.5. The van der Waals surface area contributed by atoms with Gasteiger partial charge in [0.05, 0.1) is 12.5 Å². The Morgan fingerprint density at radius 1 is 1.11 bits per heavy atom. The third-order valence-electron chi connectivity index (χ3n) is 4.43. The summed E-state index contributed by atoms with van der Waals surface area (Å²) in [7, 11) is 0. The molecule has 1 aromatic carbocycles. The molecule has 0 aliphatic heterocycles. The summed E-state index contributed by atoms with van der Waals surface area (Å²) in [6.45, 7) is 7.79. The van der Waals surface area contributed by atoms with Gasteiger partial charge in [0.15, 0.2) is 0 Å². The van der Waals surface area contributed by atoms with E-state index < -0.39 is 6.04 Å². The van der Waals surface area contributed by atoms with Crippen LogP contribution in [0.2, 0.25) is 5.02 Å². The highest BCUT2D eigenvalue weighted by molar-refractivity contribution is 6.30. The molecule has 1 atom stereocenters. The van der Waals surface area contributed by atoms with Crippen molar-refractivity contribution in [2.45, 2.75) is 39.8 Å². The topological polar surface area (TPSA) is 74.3 Å². The maximum Gasteiger partial charge on any atom is 0.222 e. The number of carbonyl (C=O) groups excluding carboxylic acids is 2. The molecule has 0 aliphatic rings. The Morgan fingerprint density at radius 3 is 2.32 bits per heavy atom. The molecule has 2 amide bonds. The molecule has 1 heterocycles.